The van der Waals surface area contributed by atoms with E-state index in [4.69, 9.17) is 21.4 Å². The Kier molecular flexibility index (Phi) is 5.88. The summed E-state index contributed by atoms with van der Waals surface area (Å²) in [6.45, 7) is -0.694. The van der Waals surface area contributed by atoms with Gasteiger partial charge in [-0.15, -0.1) is 0 Å². The molecule has 0 saturated carbocycles. The highest BCUT2D eigenvalue weighted by Gasteiger charge is 2.21. The number of hydrogen-bond donors (Lipinski definition) is 2. The first-order valence-electron chi connectivity index (χ1n) is 7.07. The third-order valence-electron chi connectivity index (χ3n) is 3.19. The van der Waals surface area contributed by atoms with Crippen LogP contribution in [0.2, 0.25) is 5.02 Å². The van der Waals surface area contributed by atoms with Gasteiger partial charge in [0, 0.05) is 11.1 Å². The number of carboxylic acids is 1. The lowest BCUT2D eigenvalue weighted by atomic mass is 10.2. The molecule has 0 fully saturated rings. The molecule has 0 aliphatic carbocycles. The Hall–Kier alpha value is -3.73. The number of nitro groups is 2. The van der Waals surface area contributed by atoms with Gasteiger partial charge >= 0.3 is 11.7 Å². The number of ether oxygens (including phenoxy) is 1. The van der Waals surface area contributed by atoms with Gasteiger partial charge < -0.3 is 15.2 Å². The van der Waals surface area contributed by atoms with Gasteiger partial charge in [0.15, 0.2) is 12.4 Å². The third kappa shape index (κ3) is 4.89. The lowest BCUT2D eigenvalue weighted by Gasteiger charge is -2.10. The van der Waals surface area contributed by atoms with E-state index in [2.05, 4.69) is 5.32 Å². The molecule has 0 aliphatic heterocycles. The van der Waals surface area contributed by atoms with Crippen LogP contribution in [-0.2, 0) is 4.79 Å². The maximum atomic E-state index is 12.0. The number of amides is 1. The Morgan fingerprint density at radius 3 is 2.41 bits per heavy atom. The second kappa shape index (κ2) is 8.10. The molecule has 12 heteroatoms. The summed E-state index contributed by atoms with van der Waals surface area (Å²) in [5.74, 6) is -2.47. The number of rotatable bonds is 7. The molecule has 0 atom stereocenters. The van der Waals surface area contributed by atoms with E-state index in [1.54, 1.807) is 0 Å². The highest BCUT2D eigenvalue weighted by Crippen LogP contribution is 2.31. The fourth-order valence-electron chi connectivity index (χ4n) is 2.02. The van der Waals surface area contributed by atoms with E-state index in [9.17, 15) is 29.8 Å². The molecule has 1 amide bonds. The molecule has 11 nitrogen and oxygen atoms in total. The summed E-state index contributed by atoms with van der Waals surface area (Å²) in [7, 11) is 0. The van der Waals surface area contributed by atoms with Crippen LogP contribution in [0.1, 0.15) is 10.4 Å². The van der Waals surface area contributed by atoms with Crippen LogP contribution in [-0.4, -0.2) is 33.4 Å². The van der Waals surface area contributed by atoms with Crippen LogP contribution in [0.15, 0.2) is 36.4 Å². The number of non-ortho nitro benzene ring substituents is 1. The van der Waals surface area contributed by atoms with Crippen molar-refractivity contribution < 1.29 is 29.3 Å². The number of carbonyl (C=O) groups excluding carboxylic acids is 1. The standard InChI is InChI=1S/C15H10ClN3O8/c16-8-1-3-11(10(5-8)15(21)22)17-14(20)7-27-13-4-2-9(18(23)24)6-12(13)19(25)26/h1-6H,7H2,(H,17,20)(H,21,22). The molecule has 0 bridgehead atoms. The highest BCUT2D eigenvalue weighted by molar-refractivity contribution is 6.31. The van der Waals surface area contributed by atoms with Gasteiger partial charge in [-0.1, -0.05) is 11.6 Å². The van der Waals surface area contributed by atoms with Crippen LogP contribution in [0.5, 0.6) is 5.75 Å². The number of carboxylic acid groups (broad SMARTS) is 1. The Bertz CT molecular complexity index is 947. The van der Waals surface area contributed by atoms with E-state index < -0.39 is 39.7 Å². The lowest BCUT2D eigenvalue weighted by molar-refractivity contribution is -0.394. The van der Waals surface area contributed by atoms with Crippen LogP contribution in [0, 0.1) is 20.2 Å². The van der Waals surface area contributed by atoms with E-state index in [1.807, 2.05) is 0 Å². The predicted octanol–water partition coefficient (Wildman–Crippen LogP) is 2.87. The van der Waals surface area contributed by atoms with Crippen LogP contribution in [0.25, 0.3) is 0 Å². The molecule has 0 saturated heterocycles. The van der Waals surface area contributed by atoms with Crippen molar-refractivity contribution >= 4 is 40.5 Å². The maximum absolute atomic E-state index is 12.0. The molecule has 2 N–H and O–H groups in total. The molecular formula is C15H10ClN3O8. The molecule has 2 rings (SSSR count). The average Bonchev–Trinajstić information content (AvgIpc) is 2.60. The number of benzene rings is 2. The SMILES string of the molecule is O=C(COc1ccc([N+](=O)[O-])cc1[N+](=O)[O-])Nc1ccc(Cl)cc1C(=O)O. The number of anilines is 1. The topological polar surface area (TPSA) is 162 Å². The van der Waals surface area contributed by atoms with E-state index in [1.165, 1.54) is 12.1 Å². The second-order valence-electron chi connectivity index (χ2n) is 5.00. The molecule has 0 radical (unpaired) electrons. The second-order valence-corrected chi connectivity index (χ2v) is 5.43. The van der Waals surface area contributed by atoms with Crippen molar-refractivity contribution in [3.05, 3.63) is 67.2 Å². The van der Waals surface area contributed by atoms with Gasteiger partial charge in [-0.05, 0) is 24.3 Å². The molecule has 27 heavy (non-hydrogen) atoms. The van der Waals surface area contributed by atoms with Crippen LogP contribution < -0.4 is 10.1 Å². The predicted molar refractivity (Wildman–Crippen MR) is 92.3 cm³/mol. The Morgan fingerprint density at radius 2 is 1.81 bits per heavy atom. The van der Waals surface area contributed by atoms with Gasteiger partial charge in [-0.25, -0.2) is 4.79 Å². The quantitative estimate of drug-likeness (QED) is 0.533. The normalized spacial score (nSPS) is 10.1. The van der Waals surface area contributed by atoms with Gasteiger partial charge in [0.2, 0.25) is 0 Å². The van der Waals surface area contributed by atoms with E-state index in [0.717, 1.165) is 18.2 Å². The first-order chi connectivity index (χ1) is 12.7. The summed E-state index contributed by atoms with van der Waals surface area (Å²) in [5, 5.41) is 33.2. The first kappa shape index (κ1) is 19.6. The lowest BCUT2D eigenvalue weighted by Crippen LogP contribution is -2.21. The van der Waals surface area contributed by atoms with Crippen molar-refractivity contribution in [2.45, 2.75) is 0 Å². The minimum atomic E-state index is -1.32. The molecule has 2 aromatic carbocycles. The molecule has 140 valence electrons. The smallest absolute Gasteiger partial charge is 0.337 e. The molecule has 0 spiro atoms. The zero-order valence-electron chi connectivity index (χ0n) is 13.2. The number of hydrogen-bond acceptors (Lipinski definition) is 7. The molecule has 0 unspecified atom stereocenters. The zero-order chi connectivity index (χ0) is 20.1. The van der Waals surface area contributed by atoms with Gasteiger partial charge in [0.05, 0.1) is 27.2 Å². The Morgan fingerprint density at radius 1 is 1.11 bits per heavy atom. The van der Waals surface area contributed by atoms with E-state index >= 15 is 0 Å². The summed E-state index contributed by atoms with van der Waals surface area (Å²) in [4.78, 5) is 43.1. The monoisotopic (exact) mass is 395 g/mol. The number of nitrogens with zero attached hydrogens (tertiary/aromatic N) is 2. The van der Waals surface area contributed by atoms with Gasteiger partial charge in [0.1, 0.15) is 0 Å². The van der Waals surface area contributed by atoms with Crippen molar-refractivity contribution in [3.8, 4) is 5.75 Å². The average molecular weight is 396 g/mol. The maximum Gasteiger partial charge on any atom is 0.337 e. The molecule has 0 aromatic heterocycles. The fourth-order valence-corrected chi connectivity index (χ4v) is 2.19. The number of halogens is 1. The van der Waals surface area contributed by atoms with E-state index in [0.29, 0.717) is 6.07 Å². The minimum Gasteiger partial charge on any atom is -0.478 e. The Labute approximate surface area is 155 Å². The molecule has 0 heterocycles. The highest BCUT2D eigenvalue weighted by atomic mass is 35.5. The van der Waals surface area contributed by atoms with Crippen molar-refractivity contribution in [2.75, 3.05) is 11.9 Å². The van der Waals surface area contributed by atoms with Crippen LogP contribution in [0.4, 0.5) is 17.1 Å². The van der Waals surface area contributed by atoms with Crippen LogP contribution in [0.3, 0.4) is 0 Å². The molecule has 0 aliphatic rings. The van der Waals surface area contributed by atoms with Gasteiger partial charge in [-0.2, -0.15) is 0 Å². The summed E-state index contributed by atoms with van der Waals surface area (Å²) in [6.07, 6.45) is 0. The van der Waals surface area contributed by atoms with Gasteiger partial charge in [0.25, 0.3) is 11.6 Å². The van der Waals surface area contributed by atoms with Gasteiger partial charge in [-0.3, -0.25) is 25.0 Å². The fraction of sp³-hybridized carbons (Fsp3) is 0.0667. The number of carbonyl (C=O) groups is 2. The Balaban J connectivity index is 2.14. The largest absolute Gasteiger partial charge is 0.478 e. The zero-order valence-corrected chi connectivity index (χ0v) is 14.0. The van der Waals surface area contributed by atoms with Crippen molar-refractivity contribution in [3.63, 3.8) is 0 Å². The number of nitrogens with one attached hydrogen (secondary N) is 1. The summed E-state index contributed by atoms with van der Waals surface area (Å²) in [5.41, 5.74) is -1.49. The van der Waals surface area contributed by atoms with Crippen molar-refractivity contribution in [2.24, 2.45) is 0 Å². The molecular weight excluding hydrogens is 386 g/mol. The van der Waals surface area contributed by atoms with Crippen molar-refractivity contribution in [1.29, 1.82) is 0 Å². The summed E-state index contributed by atoms with van der Waals surface area (Å²) < 4.78 is 5.04. The van der Waals surface area contributed by atoms with E-state index in [-0.39, 0.29) is 22.0 Å². The van der Waals surface area contributed by atoms with Crippen LogP contribution >= 0.6 is 11.6 Å². The number of aromatic carboxylic acids is 1. The summed E-state index contributed by atoms with van der Waals surface area (Å²) in [6, 6.07) is 6.47. The first-order valence-corrected chi connectivity index (χ1v) is 7.45. The minimum absolute atomic E-state index is 0.0429. The molecule has 2 aromatic rings. The number of nitro benzene ring substituents is 2. The third-order valence-corrected chi connectivity index (χ3v) is 3.43. The van der Waals surface area contributed by atoms with Crippen molar-refractivity contribution in [1.82, 2.24) is 0 Å². The summed E-state index contributed by atoms with van der Waals surface area (Å²) >= 11 is 5.71.